The van der Waals surface area contributed by atoms with Crippen molar-refractivity contribution in [3.8, 4) is 5.75 Å². The Kier molecular flexibility index (Phi) is 4.60. The molecule has 0 spiro atoms. The summed E-state index contributed by atoms with van der Waals surface area (Å²) in [4.78, 5) is 15.1. The average Bonchev–Trinajstić information content (AvgIpc) is 2.91. The summed E-state index contributed by atoms with van der Waals surface area (Å²) in [7, 11) is 1.68. The third-order valence-corrected chi connectivity index (χ3v) is 6.53. The van der Waals surface area contributed by atoms with E-state index in [1.807, 2.05) is 49.1 Å². The summed E-state index contributed by atoms with van der Waals surface area (Å²) >= 11 is 1.69. The molecule has 4 heteroatoms. The van der Waals surface area contributed by atoms with E-state index in [1.54, 1.807) is 18.9 Å². The molecule has 0 radical (unpaired) electrons. The van der Waals surface area contributed by atoms with E-state index >= 15 is 0 Å². The van der Waals surface area contributed by atoms with Crippen LogP contribution in [-0.4, -0.2) is 22.7 Å². The van der Waals surface area contributed by atoms with Crippen molar-refractivity contribution in [1.29, 1.82) is 0 Å². The van der Waals surface area contributed by atoms with Crippen molar-refractivity contribution in [2.24, 2.45) is 0 Å². The molecule has 1 aliphatic heterocycles. The first kappa shape index (κ1) is 17.9. The Labute approximate surface area is 164 Å². The number of carbonyl (C=O) groups excluding carboxylic acids is 1. The average molecular weight is 378 g/mol. The highest BCUT2D eigenvalue weighted by Crippen LogP contribution is 2.51. The molecule has 27 heavy (non-hydrogen) atoms. The smallest absolute Gasteiger partial charge is 0.239 e. The van der Waals surface area contributed by atoms with Gasteiger partial charge in [-0.1, -0.05) is 54.6 Å². The number of benzene rings is 3. The third-order valence-electron chi connectivity index (χ3n) is 5.04. The second-order valence-corrected chi connectivity index (χ2v) is 9.04. The molecule has 0 aromatic heterocycles. The van der Waals surface area contributed by atoms with Crippen LogP contribution in [0.15, 0.2) is 66.7 Å². The van der Waals surface area contributed by atoms with Gasteiger partial charge in [0.2, 0.25) is 5.91 Å². The van der Waals surface area contributed by atoms with Gasteiger partial charge >= 0.3 is 0 Å². The minimum atomic E-state index is -0.456. The number of hydrogen-bond acceptors (Lipinski definition) is 3. The normalized spacial score (nSPS) is 18.9. The van der Waals surface area contributed by atoms with Gasteiger partial charge in [-0.3, -0.25) is 4.79 Å². The van der Waals surface area contributed by atoms with Crippen LogP contribution >= 0.6 is 11.8 Å². The molecule has 0 bridgehead atoms. The summed E-state index contributed by atoms with van der Waals surface area (Å²) in [6.45, 7) is 4.59. The third kappa shape index (κ3) is 3.30. The summed E-state index contributed by atoms with van der Waals surface area (Å²) in [6, 6.07) is 22.7. The summed E-state index contributed by atoms with van der Waals surface area (Å²) in [5.74, 6) is 0.987. The van der Waals surface area contributed by atoms with Gasteiger partial charge in [-0.2, -0.15) is 0 Å². The highest BCUT2D eigenvalue weighted by Gasteiger charge is 2.47. The Morgan fingerprint density at radius 1 is 1.00 bits per heavy atom. The van der Waals surface area contributed by atoms with Gasteiger partial charge in [0.05, 0.1) is 11.9 Å². The lowest BCUT2D eigenvalue weighted by atomic mass is 10.1. The van der Waals surface area contributed by atoms with Crippen LogP contribution in [0.1, 0.15) is 30.3 Å². The number of ether oxygens (including phenoxy) is 1. The molecule has 1 fully saturated rings. The Hall–Kier alpha value is -2.46. The molecule has 1 unspecified atom stereocenters. The molecule has 1 aliphatic rings. The summed E-state index contributed by atoms with van der Waals surface area (Å²) in [6.07, 6.45) is 0. The maximum absolute atomic E-state index is 13.1. The van der Waals surface area contributed by atoms with Crippen LogP contribution in [0.4, 0.5) is 0 Å². The molecule has 3 nitrogen and oxygen atoms in total. The van der Waals surface area contributed by atoms with Crippen molar-refractivity contribution in [3.05, 3.63) is 77.9 Å². The number of fused-ring (bicyclic) bond motifs is 1. The lowest BCUT2D eigenvalue weighted by molar-refractivity contribution is -0.132. The fraction of sp³-hybridized carbons (Fsp3) is 0.261. The van der Waals surface area contributed by atoms with Crippen LogP contribution in [0.5, 0.6) is 5.75 Å². The molecule has 4 rings (SSSR count). The zero-order valence-electron chi connectivity index (χ0n) is 15.8. The first-order valence-electron chi connectivity index (χ1n) is 9.09. The van der Waals surface area contributed by atoms with Crippen molar-refractivity contribution in [1.82, 2.24) is 4.90 Å². The molecular formula is C23H23NO2S. The van der Waals surface area contributed by atoms with E-state index in [2.05, 4.69) is 36.4 Å². The second-order valence-electron chi connectivity index (χ2n) is 7.34. The van der Waals surface area contributed by atoms with Crippen molar-refractivity contribution < 1.29 is 9.53 Å². The number of hydrogen-bond donors (Lipinski definition) is 0. The van der Waals surface area contributed by atoms with Gasteiger partial charge < -0.3 is 9.64 Å². The molecule has 0 aliphatic carbocycles. The molecule has 138 valence electrons. The van der Waals surface area contributed by atoms with E-state index in [-0.39, 0.29) is 11.3 Å². The molecule has 3 aromatic rings. The van der Waals surface area contributed by atoms with Crippen LogP contribution in [0.2, 0.25) is 0 Å². The molecule has 1 heterocycles. The van der Waals surface area contributed by atoms with Crippen LogP contribution in [0, 0.1) is 0 Å². The lowest BCUT2D eigenvalue weighted by Crippen LogP contribution is -2.35. The molecule has 3 aromatic carbocycles. The van der Waals surface area contributed by atoms with Gasteiger partial charge in [0.15, 0.2) is 0 Å². The van der Waals surface area contributed by atoms with Crippen LogP contribution in [0.3, 0.4) is 0 Å². The lowest BCUT2D eigenvalue weighted by Gasteiger charge is -2.25. The number of rotatable bonds is 4. The van der Waals surface area contributed by atoms with Crippen molar-refractivity contribution in [3.63, 3.8) is 0 Å². The minimum absolute atomic E-state index is 0.0601. The number of para-hydroxylation sites is 1. The maximum atomic E-state index is 13.1. The van der Waals surface area contributed by atoms with Crippen molar-refractivity contribution >= 4 is 28.4 Å². The predicted octanol–water partition coefficient (Wildman–Crippen LogP) is 5.40. The number of methoxy groups -OCH3 is 1. The number of nitrogens with zero attached hydrogens (tertiary/aromatic N) is 1. The van der Waals surface area contributed by atoms with E-state index in [9.17, 15) is 4.79 Å². The molecular weight excluding hydrogens is 354 g/mol. The van der Waals surface area contributed by atoms with Crippen LogP contribution in [-0.2, 0) is 11.3 Å². The molecule has 1 atom stereocenters. The van der Waals surface area contributed by atoms with Gasteiger partial charge in [0.25, 0.3) is 0 Å². The number of carbonyl (C=O) groups is 1. The van der Waals surface area contributed by atoms with E-state index in [0.717, 1.165) is 16.9 Å². The molecule has 1 amide bonds. The van der Waals surface area contributed by atoms with Crippen molar-refractivity contribution in [2.75, 3.05) is 7.11 Å². The minimum Gasteiger partial charge on any atom is -0.496 e. The Morgan fingerprint density at radius 2 is 1.70 bits per heavy atom. The van der Waals surface area contributed by atoms with Crippen LogP contribution < -0.4 is 4.74 Å². The zero-order valence-corrected chi connectivity index (χ0v) is 16.6. The molecule has 0 N–H and O–H groups in total. The van der Waals surface area contributed by atoms with Gasteiger partial charge in [0.1, 0.15) is 11.1 Å². The SMILES string of the molecule is COc1ccccc1C1SC(C)(C)C(=O)N1Cc1ccc2ccccc2c1. The van der Waals surface area contributed by atoms with Gasteiger partial charge in [-0.05, 0) is 42.3 Å². The zero-order chi connectivity index (χ0) is 19.0. The summed E-state index contributed by atoms with van der Waals surface area (Å²) < 4.78 is 5.11. The van der Waals surface area contributed by atoms with Crippen molar-refractivity contribution in [2.45, 2.75) is 30.5 Å². The largest absolute Gasteiger partial charge is 0.496 e. The maximum Gasteiger partial charge on any atom is 0.239 e. The summed E-state index contributed by atoms with van der Waals surface area (Å²) in [5, 5.41) is 2.35. The van der Waals surface area contributed by atoms with Gasteiger partial charge in [-0.25, -0.2) is 0 Å². The molecule has 0 saturated carbocycles. The predicted molar refractivity (Wildman–Crippen MR) is 112 cm³/mol. The fourth-order valence-corrected chi connectivity index (χ4v) is 5.03. The first-order chi connectivity index (χ1) is 13.0. The van der Waals surface area contributed by atoms with Gasteiger partial charge in [-0.15, -0.1) is 11.8 Å². The fourth-order valence-electron chi connectivity index (χ4n) is 3.64. The standard InChI is InChI=1S/C23H23NO2S/c1-23(2)22(25)24(21(27-23)19-10-6-7-11-20(19)26-3)15-16-12-13-17-8-4-5-9-18(17)14-16/h4-14,21H,15H2,1-3H3. The summed E-state index contributed by atoms with van der Waals surface area (Å²) in [5.41, 5.74) is 2.19. The van der Waals surface area contributed by atoms with Crippen LogP contribution in [0.25, 0.3) is 10.8 Å². The monoisotopic (exact) mass is 377 g/mol. The van der Waals surface area contributed by atoms with E-state index < -0.39 is 4.75 Å². The van der Waals surface area contributed by atoms with E-state index in [0.29, 0.717) is 6.54 Å². The number of amides is 1. The van der Waals surface area contributed by atoms with Gasteiger partial charge in [0, 0.05) is 12.1 Å². The quantitative estimate of drug-likeness (QED) is 0.609. The Bertz CT molecular complexity index is 998. The first-order valence-corrected chi connectivity index (χ1v) is 9.97. The Morgan fingerprint density at radius 3 is 2.48 bits per heavy atom. The second kappa shape index (κ2) is 6.93. The number of thioether (sulfide) groups is 1. The van der Waals surface area contributed by atoms with E-state index in [1.165, 1.54) is 10.8 Å². The Balaban J connectivity index is 1.71. The highest BCUT2D eigenvalue weighted by atomic mass is 32.2. The topological polar surface area (TPSA) is 29.5 Å². The molecule has 1 saturated heterocycles. The highest BCUT2D eigenvalue weighted by molar-refractivity contribution is 8.02. The van der Waals surface area contributed by atoms with E-state index in [4.69, 9.17) is 4.74 Å².